The molecule has 0 bridgehead atoms. The highest BCUT2D eigenvalue weighted by atomic mass is 35.5. The van der Waals surface area contributed by atoms with E-state index in [9.17, 15) is 22.4 Å². The SMILES string of the molecule is COCCCNC(=O)Cn1nc(C(F)F)c(Cl)c1C(F)F. The number of amides is 1. The van der Waals surface area contributed by atoms with Gasteiger partial charge in [-0.25, -0.2) is 17.6 Å². The highest BCUT2D eigenvalue weighted by molar-refractivity contribution is 6.32. The minimum Gasteiger partial charge on any atom is -0.385 e. The number of hydrogen-bond acceptors (Lipinski definition) is 3. The van der Waals surface area contributed by atoms with Gasteiger partial charge in [-0.3, -0.25) is 9.48 Å². The van der Waals surface area contributed by atoms with Crippen molar-refractivity contribution in [3.05, 3.63) is 16.4 Å². The Hall–Kier alpha value is -1.35. The van der Waals surface area contributed by atoms with Crippen molar-refractivity contribution in [3.63, 3.8) is 0 Å². The number of carbonyl (C=O) groups excluding carboxylic acids is 1. The summed E-state index contributed by atoms with van der Waals surface area (Å²) in [5.74, 6) is -0.631. The summed E-state index contributed by atoms with van der Waals surface area (Å²) in [6.45, 7) is 0.0815. The van der Waals surface area contributed by atoms with Gasteiger partial charge in [-0.15, -0.1) is 0 Å². The molecule has 0 radical (unpaired) electrons. The topological polar surface area (TPSA) is 56.1 Å². The standard InChI is InChI=1S/C11H14ClF4N3O2/c1-21-4-2-3-17-6(20)5-19-9(11(15)16)7(12)8(18-19)10(13)14/h10-11H,2-5H2,1H3,(H,17,20). The minimum absolute atomic E-state index is 0.271. The summed E-state index contributed by atoms with van der Waals surface area (Å²) in [5, 5.41) is 4.91. The Morgan fingerprint density at radius 3 is 2.57 bits per heavy atom. The van der Waals surface area contributed by atoms with Gasteiger partial charge in [0.05, 0.1) is 5.02 Å². The van der Waals surface area contributed by atoms with Crippen LogP contribution in [0, 0.1) is 0 Å². The van der Waals surface area contributed by atoms with E-state index in [1.54, 1.807) is 0 Å². The summed E-state index contributed by atoms with van der Waals surface area (Å²) in [4.78, 5) is 11.6. The molecule has 0 aliphatic rings. The maximum atomic E-state index is 12.8. The van der Waals surface area contributed by atoms with Crippen LogP contribution in [0.1, 0.15) is 30.7 Å². The lowest BCUT2D eigenvalue weighted by Crippen LogP contribution is -2.30. The van der Waals surface area contributed by atoms with E-state index in [0.717, 1.165) is 0 Å². The summed E-state index contributed by atoms with van der Waals surface area (Å²) >= 11 is 5.46. The first-order valence-corrected chi connectivity index (χ1v) is 6.34. The van der Waals surface area contributed by atoms with Crippen LogP contribution in [0.2, 0.25) is 5.02 Å². The third kappa shape index (κ3) is 4.85. The number of alkyl halides is 4. The number of aromatic nitrogens is 2. The van der Waals surface area contributed by atoms with Crippen LogP contribution in [-0.4, -0.2) is 35.9 Å². The molecule has 1 rings (SSSR count). The van der Waals surface area contributed by atoms with Gasteiger partial charge in [0.2, 0.25) is 5.91 Å². The lowest BCUT2D eigenvalue weighted by atomic mass is 10.3. The average Bonchev–Trinajstić information content (AvgIpc) is 2.71. The van der Waals surface area contributed by atoms with Crippen molar-refractivity contribution in [2.24, 2.45) is 0 Å². The molecule has 0 aliphatic carbocycles. The normalized spacial score (nSPS) is 11.4. The summed E-state index contributed by atoms with van der Waals surface area (Å²) < 4.78 is 56.1. The Morgan fingerprint density at radius 1 is 1.38 bits per heavy atom. The molecule has 1 heterocycles. The third-order valence-electron chi connectivity index (χ3n) is 2.51. The van der Waals surface area contributed by atoms with Gasteiger partial charge in [0, 0.05) is 20.3 Å². The fraction of sp³-hybridized carbons (Fsp3) is 0.636. The molecule has 120 valence electrons. The fourth-order valence-corrected chi connectivity index (χ4v) is 1.88. The highest BCUT2D eigenvalue weighted by Crippen LogP contribution is 2.34. The molecule has 10 heteroatoms. The lowest BCUT2D eigenvalue weighted by molar-refractivity contribution is -0.122. The maximum Gasteiger partial charge on any atom is 0.283 e. The maximum absolute atomic E-state index is 12.8. The zero-order valence-corrected chi connectivity index (χ0v) is 11.8. The van der Waals surface area contributed by atoms with Crippen LogP contribution in [0.25, 0.3) is 0 Å². The van der Waals surface area contributed by atoms with Crippen LogP contribution < -0.4 is 5.32 Å². The summed E-state index contributed by atoms with van der Waals surface area (Å²) in [6, 6.07) is 0. The second-order valence-electron chi connectivity index (χ2n) is 4.04. The number of hydrogen-bond donors (Lipinski definition) is 1. The second kappa shape index (κ2) is 8.18. The van der Waals surface area contributed by atoms with E-state index in [0.29, 0.717) is 17.7 Å². The monoisotopic (exact) mass is 331 g/mol. The Labute approximate surface area is 123 Å². The van der Waals surface area contributed by atoms with Crippen LogP contribution >= 0.6 is 11.6 Å². The van der Waals surface area contributed by atoms with Crippen LogP contribution in [0.15, 0.2) is 0 Å². The predicted octanol–water partition coefficient (Wildman–Crippen LogP) is 2.56. The second-order valence-corrected chi connectivity index (χ2v) is 4.42. The van der Waals surface area contributed by atoms with Gasteiger partial charge in [0.15, 0.2) is 0 Å². The van der Waals surface area contributed by atoms with Gasteiger partial charge >= 0.3 is 0 Å². The van der Waals surface area contributed by atoms with Crippen LogP contribution in [0.5, 0.6) is 0 Å². The zero-order valence-electron chi connectivity index (χ0n) is 11.1. The summed E-state index contributed by atoms with van der Waals surface area (Å²) in [5.41, 5.74) is -1.85. The number of nitrogens with one attached hydrogen (secondary N) is 1. The van der Waals surface area contributed by atoms with Crippen molar-refractivity contribution in [2.75, 3.05) is 20.3 Å². The number of nitrogens with zero attached hydrogens (tertiary/aromatic N) is 2. The zero-order chi connectivity index (χ0) is 16.0. The van der Waals surface area contributed by atoms with Crippen molar-refractivity contribution in [2.45, 2.75) is 25.8 Å². The van der Waals surface area contributed by atoms with Crippen molar-refractivity contribution < 1.29 is 27.1 Å². The fourth-order valence-electron chi connectivity index (χ4n) is 1.58. The van der Waals surface area contributed by atoms with Gasteiger partial charge in [0.25, 0.3) is 12.9 Å². The Balaban J connectivity index is 2.78. The summed E-state index contributed by atoms with van der Waals surface area (Å²) in [7, 11) is 1.49. The molecule has 0 saturated heterocycles. The molecule has 0 unspecified atom stereocenters. The van der Waals surface area contributed by atoms with Gasteiger partial charge in [-0.2, -0.15) is 5.10 Å². The van der Waals surface area contributed by atoms with E-state index < -0.39 is 41.7 Å². The number of rotatable bonds is 8. The predicted molar refractivity (Wildman–Crippen MR) is 66.7 cm³/mol. The van der Waals surface area contributed by atoms with Gasteiger partial charge < -0.3 is 10.1 Å². The molecule has 1 amide bonds. The van der Waals surface area contributed by atoms with Gasteiger partial charge in [-0.1, -0.05) is 11.6 Å². The van der Waals surface area contributed by atoms with Gasteiger partial charge in [-0.05, 0) is 6.42 Å². The van der Waals surface area contributed by atoms with Crippen LogP contribution in [0.4, 0.5) is 17.6 Å². The highest BCUT2D eigenvalue weighted by Gasteiger charge is 2.28. The quantitative estimate of drug-likeness (QED) is 0.588. The molecule has 0 saturated carbocycles. The van der Waals surface area contributed by atoms with E-state index in [-0.39, 0.29) is 6.54 Å². The smallest absolute Gasteiger partial charge is 0.283 e. The van der Waals surface area contributed by atoms with E-state index >= 15 is 0 Å². The average molecular weight is 332 g/mol. The van der Waals surface area contributed by atoms with Crippen LogP contribution in [-0.2, 0) is 16.1 Å². The number of carbonyl (C=O) groups is 1. The largest absolute Gasteiger partial charge is 0.385 e. The molecular weight excluding hydrogens is 318 g/mol. The molecule has 1 aromatic rings. The van der Waals surface area contributed by atoms with E-state index in [1.165, 1.54) is 7.11 Å². The van der Waals surface area contributed by atoms with Crippen molar-refractivity contribution >= 4 is 17.5 Å². The Morgan fingerprint density at radius 2 is 2.05 bits per heavy atom. The molecular formula is C11H14ClF4N3O2. The Bertz CT molecular complexity index is 482. The first-order valence-electron chi connectivity index (χ1n) is 5.96. The first kappa shape index (κ1) is 17.7. The molecule has 5 nitrogen and oxygen atoms in total. The number of methoxy groups -OCH3 is 1. The Kier molecular flexibility index (Phi) is 6.90. The molecule has 0 spiro atoms. The molecule has 0 aromatic carbocycles. The summed E-state index contributed by atoms with van der Waals surface area (Å²) in [6.07, 6.45) is -5.67. The molecule has 1 N–H and O–H groups in total. The van der Waals surface area contributed by atoms with Crippen molar-refractivity contribution in [1.29, 1.82) is 0 Å². The number of ether oxygens (including phenoxy) is 1. The molecule has 1 aromatic heterocycles. The van der Waals surface area contributed by atoms with E-state index in [2.05, 4.69) is 10.4 Å². The first-order chi connectivity index (χ1) is 9.88. The molecule has 0 aliphatic heterocycles. The van der Waals surface area contributed by atoms with E-state index in [4.69, 9.17) is 16.3 Å². The van der Waals surface area contributed by atoms with Crippen molar-refractivity contribution in [1.82, 2.24) is 15.1 Å². The van der Waals surface area contributed by atoms with Crippen molar-refractivity contribution in [3.8, 4) is 0 Å². The molecule has 21 heavy (non-hydrogen) atoms. The third-order valence-corrected chi connectivity index (χ3v) is 2.90. The van der Waals surface area contributed by atoms with Gasteiger partial charge in [0.1, 0.15) is 17.9 Å². The van der Waals surface area contributed by atoms with Crippen LogP contribution in [0.3, 0.4) is 0 Å². The lowest BCUT2D eigenvalue weighted by Gasteiger charge is -2.08. The van der Waals surface area contributed by atoms with E-state index in [1.807, 2.05) is 0 Å². The molecule has 0 atom stereocenters. The number of halogens is 5. The minimum atomic E-state index is -3.11. The molecule has 0 fully saturated rings.